The maximum atomic E-state index is 12.6. The highest BCUT2D eigenvalue weighted by atomic mass is 16.5. The lowest BCUT2D eigenvalue weighted by Gasteiger charge is -2.35. The second-order valence-electron chi connectivity index (χ2n) is 7.23. The summed E-state index contributed by atoms with van der Waals surface area (Å²) < 4.78 is 10.5. The van der Waals surface area contributed by atoms with Gasteiger partial charge in [0.15, 0.2) is 28.7 Å². The van der Waals surface area contributed by atoms with Crippen LogP contribution in [-0.4, -0.2) is 77.3 Å². The molecule has 1 aliphatic rings. The van der Waals surface area contributed by atoms with Gasteiger partial charge in [-0.05, 0) is 36.2 Å². The van der Waals surface area contributed by atoms with Crippen molar-refractivity contribution < 1.29 is 34.4 Å². The van der Waals surface area contributed by atoms with Crippen LogP contribution in [0, 0.1) is 0 Å². The van der Waals surface area contributed by atoms with Crippen LogP contribution in [-0.2, 0) is 11.2 Å². The third kappa shape index (κ3) is 4.93. The van der Waals surface area contributed by atoms with Crippen LogP contribution in [0.15, 0.2) is 30.3 Å². The molecule has 2 amide bonds. The lowest BCUT2D eigenvalue weighted by Crippen LogP contribution is -2.50. The number of phenols is 3. The van der Waals surface area contributed by atoms with Crippen LogP contribution in [0.2, 0.25) is 0 Å². The van der Waals surface area contributed by atoms with Gasteiger partial charge in [0.1, 0.15) is 0 Å². The van der Waals surface area contributed by atoms with Gasteiger partial charge in [-0.1, -0.05) is 6.07 Å². The monoisotopic (exact) mass is 430 g/mol. The predicted molar refractivity (Wildman–Crippen MR) is 112 cm³/mol. The van der Waals surface area contributed by atoms with Gasteiger partial charge in [0, 0.05) is 38.2 Å². The van der Waals surface area contributed by atoms with E-state index in [0.717, 1.165) is 17.7 Å². The van der Waals surface area contributed by atoms with Crippen LogP contribution in [0.1, 0.15) is 22.3 Å². The minimum absolute atomic E-state index is 0.00167. The maximum Gasteiger partial charge on any atom is 0.254 e. The fraction of sp³-hybridized carbons (Fsp3) is 0.364. The number of methoxy groups -OCH3 is 2. The first-order chi connectivity index (χ1) is 14.8. The zero-order valence-electron chi connectivity index (χ0n) is 17.5. The number of nitrogens with zero attached hydrogens (tertiary/aromatic N) is 2. The Morgan fingerprint density at radius 3 is 2.03 bits per heavy atom. The first-order valence-corrected chi connectivity index (χ1v) is 9.87. The molecule has 1 fully saturated rings. The minimum Gasteiger partial charge on any atom is -0.504 e. The molecule has 1 saturated heterocycles. The molecule has 0 saturated carbocycles. The Hall–Kier alpha value is -3.62. The first kappa shape index (κ1) is 22.1. The number of ether oxygens (including phenoxy) is 2. The molecule has 2 aromatic carbocycles. The van der Waals surface area contributed by atoms with Crippen LogP contribution in [0.3, 0.4) is 0 Å². The van der Waals surface area contributed by atoms with Gasteiger partial charge in [-0.15, -0.1) is 0 Å². The molecule has 0 atom stereocenters. The third-order valence-electron chi connectivity index (χ3n) is 5.31. The zero-order valence-corrected chi connectivity index (χ0v) is 17.5. The molecule has 1 aliphatic heterocycles. The number of hydrogen-bond donors (Lipinski definition) is 3. The number of rotatable bonds is 6. The lowest BCUT2D eigenvalue weighted by molar-refractivity contribution is -0.132. The number of benzene rings is 2. The highest BCUT2D eigenvalue weighted by Crippen LogP contribution is 2.35. The van der Waals surface area contributed by atoms with E-state index in [4.69, 9.17) is 9.47 Å². The Balaban J connectivity index is 1.53. The van der Waals surface area contributed by atoms with E-state index in [1.54, 1.807) is 24.0 Å². The number of amides is 2. The molecule has 0 radical (unpaired) electrons. The fourth-order valence-corrected chi connectivity index (χ4v) is 3.51. The highest BCUT2D eigenvalue weighted by molar-refractivity contribution is 5.95. The summed E-state index contributed by atoms with van der Waals surface area (Å²) in [5.41, 5.74) is 1.03. The SMILES string of the molecule is COc1ccc(CCC(=O)N2CCN(C(=O)c3cc(O)c(O)c(O)c3)CC2)cc1OC. The van der Waals surface area contributed by atoms with Gasteiger partial charge in [0.25, 0.3) is 5.91 Å². The Morgan fingerprint density at radius 1 is 0.871 bits per heavy atom. The van der Waals surface area contributed by atoms with Gasteiger partial charge in [0.2, 0.25) is 5.91 Å². The van der Waals surface area contributed by atoms with Gasteiger partial charge in [-0.2, -0.15) is 0 Å². The summed E-state index contributed by atoms with van der Waals surface area (Å²) in [6.45, 7) is 1.46. The molecular weight excluding hydrogens is 404 g/mol. The summed E-state index contributed by atoms with van der Waals surface area (Å²) in [4.78, 5) is 28.5. The van der Waals surface area contributed by atoms with Gasteiger partial charge in [0.05, 0.1) is 14.2 Å². The summed E-state index contributed by atoms with van der Waals surface area (Å²) in [7, 11) is 3.13. The van der Waals surface area contributed by atoms with Crippen molar-refractivity contribution >= 4 is 11.8 Å². The molecule has 0 unspecified atom stereocenters. The largest absolute Gasteiger partial charge is 0.504 e. The summed E-state index contributed by atoms with van der Waals surface area (Å²) in [6.07, 6.45) is 0.896. The van der Waals surface area contributed by atoms with Crippen LogP contribution >= 0.6 is 0 Å². The van der Waals surface area contributed by atoms with Crippen molar-refractivity contribution in [2.24, 2.45) is 0 Å². The molecule has 0 spiro atoms. The molecule has 166 valence electrons. The second kappa shape index (κ2) is 9.46. The first-order valence-electron chi connectivity index (χ1n) is 9.87. The molecule has 9 heteroatoms. The number of aryl methyl sites for hydroxylation is 1. The van der Waals surface area contributed by atoms with Gasteiger partial charge < -0.3 is 34.6 Å². The normalized spacial score (nSPS) is 13.7. The predicted octanol–water partition coefficient (Wildman–Crippen LogP) is 1.74. The van der Waals surface area contributed by atoms with Crippen molar-refractivity contribution in [1.29, 1.82) is 0 Å². The molecule has 9 nitrogen and oxygen atoms in total. The van der Waals surface area contributed by atoms with E-state index < -0.39 is 17.2 Å². The van der Waals surface area contributed by atoms with Crippen LogP contribution in [0.25, 0.3) is 0 Å². The van der Waals surface area contributed by atoms with Crippen molar-refractivity contribution in [3.8, 4) is 28.7 Å². The lowest BCUT2D eigenvalue weighted by atomic mass is 10.1. The van der Waals surface area contributed by atoms with Crippen molar-refractivity contribution in [1.82, 2.24) is 9.80 Å². The van der Waals surface area contributed by atoms with E-state index >= 15 is 0 Å². The van der Waals surface area contributed by atoms with Crippen molar-refractivity contribution in [2.45, 2.75) is 12.8 Å². The standard InChI is InChI=1S/C22H26N2O7/c1-30-18-5-3-14(11-19(18)31-2)4-6-20(27)23-7-9-24(10-8-23)22(29)15-12-16(25)21(28)17(26)13-15/h3,5,11-13,25-26,28H,4,6-10H2,1-2H3. The number of aromatic hydroxyl groups is 3. The van der Waals surface area contributed by atoms with E-state index in [-0.39, 0.29) is 17.4 Å². The Morgan fingerprint density at radius 2 is 1.45 bits per heavy atom. The molecule has 2 aromatic rings. The van der Waals surface area contributed by atoms with E-state index in [0.29, 0.717) is 50.5 Å². The van der Waals surface area contributed by atoms with E-state index in [1.165, 1.54) is 0 Å². The van der Waals surface area contributed by atoms with Gasteiger partial charge in [-0.25, -0.2) is 0 Å². The second-order valence-corrected chi connectivity index (χ2v) is 7.23. The summed E-state index contributed by atoms with van der Waals surface area (Å²) >= 11 is 0. The fourth-order valence-electron chi connectivity index (χ4n) is 3.51. The number of carbonyl (C=O) groups is 2. The average Bonchev–Trinajstić information content (AvgIpc) is 2.79. The van der Waals surface area contributed by atoms with E-state index in [2.05, 4.69) is 0 Å². The van der Waals surface area contributed by atoms with E-state index in [1.807, 2.05) is 18.2 Å². The molecule has 0 aromatic heterocycles. The number of piperazine rings is 1. The molecule has 31 heavy (non-hydrogen) atoms. The molecule has 3 rings (SSSR count). The molecular formula is C22H26N2O7. The Kier molecular flexibility index (Phi) is 6.74. The average molecular weight is 430 g/mol. The number of phenolic OH excluding ortho intramolecular Hbond substituents is 3. The summed E-state index contributed by atoms with van der Waals surface area (Å²) in [5, 5.41) is 28.6. The van der Waals surface area contributed by atoms with Gasteiger partial charge >= 0.3 is 0 Å². The number of carbonyl (C=O) groups excluding carboxylic acids is 2. The third-order valence-corrected chi connectivity index (χ3v) is 5.31. The smallest absolute Gasteiger partial charge is 0.254 e. The van der Waals surface area contributed by atoms with Crippen LogP contribution in [0.4, 0.5) is 0 Å². The Labute approximate surface area is 180 Å². The summed E-state index contributed by atoms with van der Waals surface area (Å²) in [6, 6.07) is 7.77. The Bertz CT molecular complexity index is 945. The van der Waals surface area contributed by atoms with Crippen LogP contribution in [0.5, 0.6) is 28.7 Å². The highest BCUT2D eigenvalue weighted by Gasteiger charge is 2.26. The van der Waals surface area contributed by atoms with Gasteiger partial charge in [-0.3, -0.25) is 9.59 Å². The summed E-state index contributed by atoms with van der Waals surface area (Å²) in [5.74, 6) is -0.926. The zero-order chi connectivity index (χ0) is 22.5. The molecule has 3 N–H and O–H groups in total. The molecule has 0 bridgehead atoms. The minimum atomic E-state index is -0.665. The van der Waals surface area contributed by atoms with Crippen molar-refractivity contribution in [3.63, 3.8) is 0 Å². The van der Waals surface area contributed by atoms with E-state index in [9.17, 15) is 24.9 Å². The van der Waals surface area contributed by atoms with Crippen molar-refractivity contribution in [3.05, 3.63) is 41.5 Å². The molecule has 1 heterocycles. The quantitative estimate of drug-likeness (QED) is 0.597. The number of hydrogen-bond acceptors (Lipinski definition) is 7. The topological polar surface area (TPSA) is 120 Å². The van der Waals surface area contributed by atoms with Crippen LogP contribution < -0.4 is 9.47 Å². The van der Waals surface area contributed by atoms with Crippen molar-refractivity contribution in [2.75, 3.05) is 40.4 Å². The maximum absolute atomic E-state index is 12.6. The molecule has 0 aliphatic carbocycles.